The fourth-order valence-electron chi connectivity index (χ4n) is 3.70. The van der Waals surface area contributed by atoms with Gasteiger partial charge in [-0.1, -0.05) is 97.3 Å². The average molecular weight is 361 g/mol. The quantitative estimate of drug-likeness (QED) is 0.186. The normalized spacial score (nSPS) is 11.2. The molecule has 0 aliphatic rings. The maximum atomic E-state index is 2.36. The third-order valence-electron chi connectivity index (χ3n) is 5.55. The highest BCUT2D eigenvalue weighted by molar-refractivity contribution is 5.07. The van der Waals surface area contributed by atoms with Crippen molar-refractivity contribution in [1.29, 1.82) is 0 Å². The second kappa shape index (κ2) is 17.6. The van der Waals surface area contributed by atoms with Crippen LogP contribution in [0.1, 0.15) is 122 Å². The first-order valence-corrected chi connectivity index (χ1v) is 11.8. The molecule has 0 spiro atoms. The molecular weight excluding hydrogens is 314 g/mol. The number of rotatable bonds is 18. The minimum Gasteiger partial charge on any atom is -0.205 e. The van der Waals surface area contributed by atoms with Crippen molar-refractivity contribution < 1.29 is 4.57 Å². The van der Waals surface area contributed by atoms with Crippen molar-refractivity contribution in [3.05, 3.63) is 30.1 Å². The number of nitrogens with zero attached hydrogens (tertiary/aromatic N) is 1. The predicted octanol–water partition coefficient (Wildman–Crippen LogP) is 7.80. The van der Waals surface area contributed by atoms with E-state index in [1.807, 2.05) is 0 Å². The van der Waals surface area contributed by atoms with Crippen molar-refractivity contribution in [3.8, 4) is 0 Å². The summed E-state index contributed by atoms with van der Waals surface area (Å²) >= 11 is 0. The van der Waals surface area contributed by atoms with Crippen LogP contribution >= 0.6 is 0 Å². The Morgan fingerprint density at radius 1 is 0.538 bits per heavy atom. The molecule has 0 saturated carbocycles. The maximum absolute atomic E-state index is 2.36. The zero-order valence-electron chi connectivity index (χ0n) is 18.0. The second-order valence-electron chi connectivity index (χ2n) is 8.14. The van der Waals surface area contributed by atoms with E-state index >= 15 is 0 Å². The van der Waals surface area contributed by atoms with Crippen molar-refractivity contribution in [2.45, 2.75) is 130 Å². The van der Waals surface area contributed by atoms with Gasteiger partial charge in [-0.2, -0.15) is 0 Å². The first kappa shape index (κ1) is 23.2. The topological polar surface area (TPSA) is 3.88 Å². The van der Waals surface area contributed by atoms with E-state index in [9.17, 15) is 0 Å². The van der Waals surface area contributed by atoms with Gasteiger partial charge in [0.25, 0.3) is 0 Å². The molecule has 0 saturated heterocycles. The molecule has 0 atom stereocenters. The number of pyridine rings is 1. The van der Waals surface area contributed by atoms with E-state index in [2.05, 4.69) is 42.9 Å². The molecule has 0 amide bonds. The summed E-state index contributed by atoms with van der Waals surface area (Å²) in [4.78, 5) is 0. The molecule has 0 N–H and O–H groups in total. The van der Waals surface area contributed by atoms with E-state index in [0.29, 0.717) is 0 Å². The molecule has 1 aromatic heterocycles. The number of unbranched alkanes of at least 4 members (excludes halogenated alkanes) is 14. The van der Waals surface area contributed by atoms with Gasteiger partial charge in [-0.25, -0.2) is 4.57 Å². The Morgan fingerprint density at radius 2 is 0.962 bits per heavy atom. The van der Waals surface area contributed by atoms with Crippen LogP contribution < -0.4 is 4.57 Å². The van der Waals surface area contributed by atoms with Gasteiger partial charge in [0.15, 0.2) is 12.4 Å². The highest BCUT2D eigenvalue weighted by Crippen LogP contribution is 2.12. The maximum Gasteiger partial charge on any atom is 0.169 e. The smallest absolute Gasteiger partial charge is 0.169 e. The lowest BCUT2D eigenvalue weighted by Crippen LogP contribution is -2.32. The number of hydrogen-bond acceptors (Lipinski definition) is 0. The minimum atomic E-state index is 1.19. The van der Waals surface area contributed by atoms with E-state index in [-0.39, 0.29) is 0 Å². The Labute approximate surface area is 164 Å². The lowest BCUT2D eigenvalue weighted by molar-refractivity contribution is -0.697. The molecule has 1 heterocycles. The summed E-state index contributed by atoms with van der Waals surface area (Å²) in [6, 6.07) is 4.68. The number of hydrogen-bond donors (Lipinski definition) is 0. The molecule has 0 unspecified atom stereocenters. The molecule has 0 aliphatic heterocycles. The summed E-state index contributed by atoms with van der Waals surface area (Å²) in [5.74, 6) is 0. The lowest BCUT2D eigenvalue weighted by Gasteiger charge is -2.03. The van der Waals surface area contributed by atoms with Crippen LogP contribution in [0.3, 0.4) is 0 Å². The Morgan fingerprint density at radius 3 is 1.46 bits per heavy atom. The first-order valence-electron chi connectivity index (χ1n) is 11.8. The van der Waals surface area contributed by atoms with Gasteiger partial charge in [0.05, 0.1) is 0 Å². The fraction of sp³-hybridized carbons (Fsp3) is 0.800. The van der Waals surface area contributed by atoms with E-state index < -0.39 is 0 Å². The van der Waals surface area contributed by atoms with E-state index in [1.54, 1.807) is 0 Å². The van der Waals surface area contributed by atoms with Crippen LogP contribution in [-0.4, -0.2) is 0 Å². The van der Waals surface area contributed by atoms with Gasteiger partial charge in [-0.3, -0.25) is 0 Å². The summed E-state index contributed by atoms with van der Waals surface area (Å²) in [6.45, 7) is 5.76. The molecule has 0 aromatic carbocycles. The summed E-state index contributed by atoms with van der Waals surface area (Å²) in [5.41, 5.74) is 1.52. The molecule has 0 aliphatic carbocycles. The third kappa shape index (κ3) is 13.4. The van der Waals surface area contributed by atoms with Crippen LogP contribution in [0.4, 0.5) is 0 Å². The monoisotopic (exact) mass is 360 g/mol. The molecule has 0 radical (unpaired) electrons. The van der Waals surface area contributed by atoms with Crippen molar-refractivity contribution in [2.24, 2.45) is 0 Å². The largest absolute Gasteiger partial charge is 0.205 e. The summed E-state index contributed by atoms with van der Waals surface area (Å²) in [7, 11) is 0. The SMILES string of the molecule is CCCCCCCCCCCCc1cc[n+](CCCCCCCC)cc1. The van der Waals surface area contributed by atoms with Crippen molar-refractivity contribution >= 4 is 0 Å². The van der Waals surface area contributed by atoms with Crippen molar-refractivity contribution in [2.75, 3.05) is 0 Å². The van der Waals surface area contributed by atoms with Gasteiger partial charge < -0.3 is 0 Å². The molecule has 26 heavy (non-hydrogen) atoms. The molecule has 1 nitrogen and oxygen atoms in total. The average Bonchev–Trinajstić information content (AvgIpc) is 2.67. The first-order chi connectivity index (χ1) is 12.9. The standard InChI is InChI=1S/C25H46N/c1-3-5-7-9-11-12-13-14-15-17-19-25-20-23-26(24-21-25)22-18-16-10-8-6-4-2/h20-21,23-24H,3-19,22H2,1-2H3/q+1. The van der Waals surface area contributed by atoms with Gasteiger partial charge in [0.2, 0.25) is 0 Å². The molecule has 0 bridgehead atoms. The zero-order chi connectivity index (χ0) is 18.7. The lowest BCUT2D eigenvalue weighted by atomic mass is 10.0. The highest BCUT2D eigenvalue weighted by atomic mass is 14.9. The van der Waals surface area contributed by atoms with Crippen LogP contribution in [0.5, 0.6) is 0 Å². The molecule has 1 aromatic rings. The Kier molecular flexibility index (Phi) is 15.7. The molecular formula is C25H46N+. The van der Waals surface area contributed by atoms with Crippen molar-refractivity contribution in [3.63, 3.8) is 0 Å². The number of aryl methyl sites for hydroxylation is 2. The van der Waals surface area contributed by atoms with E-state index in [4.69, 9.17) is 0 Å². The Hall–Kier alpha value is -0.850. The van der Waals surface area contributed by atoms with E-state index in [0.717, 1.165) is 0 Å². The van der Waals surface area contributed by atoms with Crippen LogP contribution in [0.2, 0.25) is 0 Å². The molecule has 0 fully saturated rings. The van der Waals surface area contributed by atoms with Gasteiger partial charge in [0.1, 0.15) is 6.54 Å². The molecule has 1 heteroatoms. The molecule has 150 valence electrons. The van der Waals surface area contributed by atoms with Crippen LogP contribution in [0, 0.1) is 0 Å². The third-order valence-corrected chi connectivity index (χ3v) is 5.55. The van der Waals surface area contributed by atoms with Crippen LogP contribution in [0.25, 0.3) is 0 Å². The summed E-state index contributed by atoms with van der Waals surface area (Å²) < 4.78 is 2.36. The summed E-state index contributed by atoms with van der Waals surface area (Å²) in [5, 5.41) is 0. The fourth-order valence-corrected chi connectivity index (χ4v) is 3.70. The van der Waals surface area contributed by atoms with Crippen molar-refractivity contribution in [1.82, 2.24) is 0 Å². The Bertz CT molecular complexity index is 395. The highest BCUT2D eigenvalue weighted by Gasteiger charge is 2.01. The summed E-state index contributed by atoms with van der Waals surface area (Å²) in [6.07, 6.45) is 28.3. The van der Waals surface area contributed by atoms with Crippen LogP contribution in [0.15, 0.2) is 24.5 Å². The molecule has 1 rings (SSSR count). The number of aromatic nitrogens is 1. The second-order valence-corrected chi connectivity index (χ2v) is 8.14. The Balaban J connectivity index is 1.96. The van der Waals surface area contributed by atoms with E-state index in [1.165, 1.54) is 121 Å². The van der Waals surface area contributed by atoms with Gasteiger partial charge >= 0.3 is 0 Å². The minimum absolute atomic E-state index is 1.19. The zero-order valence-corrected chi connectivity index (χ0v) is 18.0. The van der Waals surface area contributed by atoms with Crippen LogP contribution in [-0.2, 0) is 13.0 Å². The predicted molar refractivity (Wildman–Crippen MR) is 116 cm³/mol. The van der Waals surface area contributed by atoms with Gasteiger partial charge in [-0.05, 0) is 24.8 Å². The van der Waals surface area contributed by atoms with Gasteiger partial charge in [0, 0.05) is 18.6 Å². The van der Waals surface area contributed by atoms with Gasteiger partial charge in [-0.15, -0.1) is 0 Å².